The molecule has 1 aromatic carbocycles. The van der Waals surface area contributed by atoms with Gasteiger partial charge in [0.15, 0.2) is 0 Å². The summed E-state index contributed by atoms with van der Waals surface area (Å²) in [5, 5.41) is 20.1. The zero-order valence-electron chi connectivity index (χ0n) is 14.3. The summed E-state index contributed by atoms with van der Waals surface area (Å²) in [6.07, 6.45) is 2.88. The van der Waals surface area contributed by atoms with Crippen molar-refractivity contribution >= 4 is 5.91 Å². The molecule has 0 bridgehead atoms. The van der Waals surface area contributed by atoms with Crippen molar-refractivity contribution in [2.45, 2.75) is 52.1 Å². The summed E-state index contributed by atoms with van der Waals surface area (Å²) in [6, 6.07) is 8.26. The first-order chi connectivity index (χ1) is 11.0. The van der Waals surface area contributed by atoms with Crippen LogP contribution in [-0.4, -0.2) is 46.8 Å². The van der Waals surface area contributed by atoms with Crippen LogP contribution in [0.2, 0.25) is 0 Å². The van der Waals surface area contributed by atoms with Crippen LogP contribution >= 0.6 is 0 Å². The molecule has 0 aromatic heterocycles. The number of nitrogens with zero attached hydrogens (tertiary/aromatic N) is 1. The first-order valence-corrected chi connectivity index (χ1v) is 8.63. The molecule has 128 valence electrons. The van der Waals surface area contributed by atoms with Crippen LogP contribution in [0.5, 0.6) is 0 Å². The Morgan fingerprint density at radius 3 is 2.65 bits per heavy atom. The number of aliphatic hydroxyl groups is 2. The number of benzene rings is 1. The van der Waals surface area contributed by atoms with Crippen LogP contribution in [0.3, 0.4) is 0 Å². The molecule has 1 aliphatic rings. The molecule has 0 unspecified atom stereocenters. The monoisotopic (exact) mass is 319 g/mol. The highest BCUT2D eigenvalue weighted by Crippen LogP contribution is 2.34. The highest BCUT2D eigenvalue weighted by Gasteiger charge is 2.42. The average Bonchev–Trinajstić information content (AvgIpc) is 2.56. The topological polar surface area (TPSA) is 60.8 Å². The summed E-state index contributed by atoms with van der Waals surface area (Å²) >= 11 is 0. The Balaban J connectivity index is 1.95. The number of amides is 1. The minimum Gasteiger partial charge on any atom is -0.396 e. The molecule has 1 heterocycles. The van der Waals surface area contributed by atoms with E-state index >= 15 is 0 Å². The molecule has 1 amide bonds. The zero-order valence-corrected chi connectivity index (χ0v) is 14.3. The van der Waals surface area contributed by atoms with E-state index in [9.17, 15) is 15.0 Å². The van der Waals surface area contributed by atoms with Gasteiger partial charge in [-0.25, -0.2) is 0 Å². The summed E-state index contributed by atoms with van der Waals surface area (Å²) in [6.45, 7) is 5.08. The van der Waals surface area contributed by atoms with Gasteiger partial charge < -0.3 is 15.1 Å². The van der Waals surface area contributed by atoms with Crippen molar-refractivity contribution < 1.29 is 15.0 Å². The maximum atomic E-state index is 12.5. The number of hydrogen-bond acceptors (Lipinski definition) is 3. The number of carbonyl (C=O) groups is 1. The van der Waals surface area contributed by atoms with E-state index in [-0.39, 0.29) is 12.5 Å². The van der Waals surface area contributed by atoms with Gasteiger partial charge in [-0.05, 0) is 31.7 Å². The van der Waals surface area contributed by atoms with E-state index in [0.717, 1.165) is 19.3 Å². The lowest BCUT2D eigenvalue weighted by atomic mass is 9.74. The number of hydrogen-bond donors (Lipinski definition) is 2. The highest BCUT2D eigenvalue weighted by atomic mass is 16.3. The molecule has 0 saturated carbocycles. The van der Waals surface area contributed by atoms with Crippen molar-refractivity contribution in [2.75, 3.05) is 19.7 Å². The Morgan fingerprint density at radius 1 is 1.35 bits per heavy atom. The molecule has 1 aliphatic heterocycles. The third kappa shape index (κ3) is 4.33. The molecule has 23 heavy (non-hydrogen) atoms. The van der Waals surface area contributed by atoms with Crippen molar-refractivity contribution in [3.05, 3.63) is 35.4 Å². The van der Waals surface area contributed by atoms with E-state index < -0.39 is 11.5 Å². The minimum atomic E-state index is -0.549. The normalized spacial score (nSPS) is 24.7. The van der Waals surface area contributed by atoms with Gasteiger partial charge in [-0.3, -0.25) is 4.79 Å². The fourth-order valence-corrected chi connectivity index (χ4v) is 3.50. The second-order valence-electron chi connectivity index (χ2n) is 6.88. The second-order valence-corrected chi connectivity index (χ2v) is 6.88. The lowest BCUT2D eigenvalue weighted by Gasteiger charge is -2.45. The summed E-state index contributed by atoms with van der Waals surface area (Å²) in [7, 11) is 0. The van der Waals surface area contributed by atoms with Crippen LogP contribution in [0.15, 0.2) is 24.3 Å². The van der Waals surface area contributed by atoms with Crippen molar-refractivity contribution in [3.63, 3.8) is 0 Å². The predicted octanol–water partition coefficient (Wildman–Crippen LogP) is 2.30. The van der Waals surface area contributed by atoms with Gasteiger partial charge in [0.05, 0.1) is 12.7 Å². The maximum Gasteiger partial charge on any atom is 0.222 e. The summed E-state index contributed by atoms with van der Waals surface area (Å²) in [4.78, 5) is 14.3. The summed E-state index contributed by atoms with van der Waals surface area (Å²) < 4.78 is 0. The molecule has 2 rings (SSSR count). The number of piperidine rings is 1. The van der Waals surface area contributed by atoms with Crippen LogP contribution in [-0.2, 0) is 11.2 Å². The van der Waals surface area contributed by atoms with Gasteiger partial charge in [-0.1, -0.05) is 43.2 Å². The first-order valence-electron chi connectivity index (χ1n) is 8.63. The van der Waals surface area contributed by atoms with Crippen LogP contribution in [0, 0.1) is 12.3 Å². The van der Waals surface area contributed by atoms with E-state index in [1.807, 2.05) is 11.8 Å². The van der Waals surface area contributed by atoms with Crippen molar-refractivity contribution in [2.24, 2.45) is 5.41 Å². The fourth-order valence-electron chi connectivity index (χ4n) is 3.50. The van der Waals surface area contributed by atoms with Crippen molar-refractivity contribution in [1.29, 1.82) is 0 Å². The largest absolute Gasteiger partial charge is 0.396 e. The molecular formula is C19H29NO3. The molecule has 1 saturated heterocycles. The molecule has 1 aromatic rings. The molecule has 2 atom stereocenters. The molecular weight excluding hydrogens is 290 g/mol. The van der Waals surface area contributed by atoms with Crippen molar-refractivity contribution in [1.82, 2.24) is 4.90 Å². The lowest BCUT2D eigenvalue weighted by Crippen LogP contribution is -2.55. The number of rotatable bonds is 6. The van der Waals surface area contributed by atoms with Gasteiger partial charge in [0.1, 0.15) is 0 Å². The molecule has 0 spiro atoms. The van der Waals surface area contributed by atoms with Gasteiger partial charge in [-0.2, -0.15) is 0 Å². The van der Waals surface area contributed by atoms with E-state index in [1.165, 1.54) is 11.1 Å². The molecule has 0 aliphatic carbocycles. The van der Waals surface area contributed by atoms with Crippen LogP contribution in [0.4, 0.5) is 0 Å². The zero-order chi connectivity index (χ0) is 16.9. The molecule has 1 fully saturated rings. The van der Waals surface area contributed by atoms with Crippen LogP contribution in [0.25, 0.3) is 0 Å². The Hall–Kier alpha value is -1.39. The molecule has 4 nitrogen and oxygen atoms in total. The van der Waals surface area contributed by atoms with Gasteiger partial charge in [0.2, 0.25) is 5.91 Å². The second kappa shape index (κ2) is 7.93. The lowest BCUT2D eigenvalue weighted by molar-refractivity contribution is -0.142. The Labute approximate surface area is 139 Å². The van der Waals surface area contributed by atoms with Gasteiger partial charge >= 0.3 is 0 Å². The molecule has 4 heteroatoms. The Morgan fingerprint density at radius 2 is 2.04 bits per heavy atom. The minimum absolute atomic E-state index is 0.0657. The SMILES string of the molecule is CCC[C@@]1(CO)CN(C(=O)CCc2ccc(C)cc2)CC[C@H]1O. The smallest absolute Gasteiger partial charge is 0.222 e. The standard InChI is InChI=1S/C19H29NO3/c1-3-11-19(14-21)13-20(12-10-17(19)22)18(23)9-8-16-6-4-15(2)5-7-16/h4-7,17,21-22H,3,8-14H2,1-2H3/t17-,19+/m1/s1. The van der Waals surface area contributed by atoms with Gasteiger partial charge in [0.25, 0.3) is 0 Å². The van der Waals surface area contributed by atoms with E-state index in [2.05, 4.69) is 31.2 Å². The highest BCUT2D eigenvalue weighted by molar-refractivity contribution is 5.76. The predicted molar refractivity (Wildman–Crippen MR) is 91.1 cm³/mol. The van der Waals surface area contributed by atoms with E-state index in [0.29, 0.717) is 25.9 Å². The molecule has 0 radical (unpaired) electrons. The summed E-state index contributed by atoms with van der Waals surface area (Å²) in [5.41, 5.74) is 1.84. The van der Waals surface area contributed by atoms with Gasteiger partial charge in [0, 0.05) is 24.9 Å². The van der Waals surface area contributed by atoms with Crippen LogP contribution < -0.4 is 0 Å². The van der Waals surface area contributed by atoms with E-state index in [1.54, 1.807) is 0 Å². The summed E-state index contributed by atoms with van der Waals surface area (Å²) in [5.74, 6) is 0.117. The quantitative estimate of drug-likeness (QED) is 0.846. The first kappa shape index (κ1) is 18.0. The third-order valence-corrected chi connectivity index (χ3v) is 5.05. The number of likely N-dealkylation sites (tertiary alicyclic amines) is 1. The van der Waals surface area contributed by atoms with E-state index in [4.69, 9.17) is 0 Å². The number of aliphatic hydroxyl groups excluding tert-OH is 2. The number of carbonyl (C=O) groups excluding carboxylic acids is 1. The third-order valence-electron chi connectivity index (χ3n) is 5.05. The average molecular weight is 319 g/mol. The van der Waals surface area contributed by atoms with Crippen molar-refractivity contribution in [3.8, 4) is 0 Å². The Bertz CT molecular complexity index is 514. The Kier molecular flexibility index (Phi) is 6.19. The number of aryl methyl sites for hydroxylation is 2. The van der Waals surface area contributed by atoms with Gasteiger partial charge in [-0.15, -0.1) is 0 Å². The maximum absolute atomic E-state index is 12.5. The fraction of sp³-hybridized carbons (Fsp3) is 0.632. The molecule has 2 N–H and O–H groups in total. The van der Waals surface area contributed by atoms with Crippen LogP contribution in [0.1, 0.15) is 43.7 Å².